The van der Waals surface area contributed by atoms with Crippen LogP contribution in [0.3, 0.4) is 0 Å². The molecule has 0 radical (unpaired) electrons. The molecule has 0 spiro atoms. The number of carbonyl (C=O) groups is 2. The molecule has 0 aliphatic carbocycles. The second-order valence-electron chi connectivity index (χ2n) is 7.05. The maximum atomic E-state index is 13.0. The summed E-state index contributed by atoms with van der Waals surface area (Å²) in [5.74, 6) is 0.744. The molecule has 8 nitrogen and oxygen atoms in total. The number of anilines is 2. The van der Waals surface area contributed by atoms with Crippen LogP contribution in [0.4, 0.5) is 15.7 Å². The third-order valence-electron chi connectivity index (χ3n) is 5.24. The number of likely N-dealkylation sites (tertiary alicyclic amines) is 1. The van der Waals surface area contributed by atoms with Crippen molar-refractivity contribution in [3.63, 3.8) is 0 Å². The number of piperazine rings is 1. The van der Waals surface area contributed by atoms with Crippen LogP contribution in [0.2, 0.25) is 0 Å². The van der Waals surface area contributed by atoms with Gasteiger partial charge in [0, 0.05) is 51.7 Å². The number of urea groups is 1. The number of hydrogen-bond donors (Lipinski definition) is 1. The predicted octanol–water partition coefficient (Wildman–Crippen LogP) is 2.13. The molecule has 0 bridgehead atoms. The Morgan fingerprint density at radius 2 is 1.82 bits per heavy atom. The second-order valence-corrected chi connectivity index (χ2v) is 8.00. The number of rotatable bonds is 3. The lowest BCUT2D eigenvalue weighted by atomic mass is 9.96. The lowest BCUT2D eigenvalue weighted by Crippen LogP contribution is -2.53. The number of thiophene rings is 1. The second kappa shape index (κ2) is 8.55. The van der Waals surface area contributed by atoms with Crippen molar-refractivity contribution in [2.24, 2.45) is 5.92 Å². The van der Waals surface area contributed by atoms with Crippen molar-refractivity contribution < 1.29 is 9.59 Å². The zero-order chi connectivity index (χ0) is 19.3. The molecule has 2 aromatic rings. The third kappa shape index (κ3) is 4.24. The molecule has 148 valence electrons. The molecule has 2 fully saturated rings. The number of nitrogens with zero attached hydrogens (tertiary/aromatic N) is 5. The highest BCUT2D eigenvalue weighted by atomic mass is 32.1. The SMILES string of the molecule is O=C(Nc1cccs1)N1CCCC(C(=O)N2CCN(c3ncccn3)CC2)C1. The summed E-state index contributed by atoms with van der Waals surface area (Å²) < 4.78 is 0. The highest BCUT2D eigenvalue weighted by molar-refractivity contribution is 7.14. The van der Waals surface area contributed by atoms with E-state index < -0.39 is 0 Å². The maximum absolute atomic E-state index is 13.0. The number of hydrogen-bond acceptors (Lipinski definition) is 6. The Balaban J connectivity index is 1.30. The Kier molecular flexibility index (Phi) is 5.70. The molecule has 2 aliphatic heterocycles. The van der Waals surface area contributed by atoms with E-state index in [2.05, 4.69) is 20.2 Å². The summed E-state index contributed by atoms with van der Waals surface area (Å²) in [5.41, 5.74) is 0. The first-order valence-electron chi connectivity index (χ1n) is 9.61. The van der Waals surface area contributed by atoms with Gasteiger partial charge in [-0.1, -0.05) is 0 Å². The van der Waals surface area contributed by atoms with E-state index in [9.17, 15) is 9.59 Å². The van der Waals surface area contributed by atoms with Gasteiger partial charge in [0.2, 0.25) is 11.9 Å². The van der Waals surface area contributed by atoms with Gasteiger partial charge in [-0.25, -0.2) is 14.8 Å². The Morgan fingerprint density at radius 3 is 2.54 bits per heavy atom. The summed E-state index contributed by atoms with van der Waals surface area (Å²) in [6, 6.07) is 5.46. The Morgan fingerprint density at radius 1 is 1.04 bits per heavy atom. The summed E-state index contributed by atoms with van der Waals surface area (Å²) in [4.78, 5) is 39.8. The Bertz CT molecular complexity index is 792. The smallest absolute Gasteiger partial charge is 0.322 e. The summed E-state index contributed by atoms with van der Waals surface area (Å²) >= 11 is 1.49. The van der Waals surface area contributed by atoms with Crippen molar-refractivity contribution in [1.82, 2.24) is 19.8 Å². The summed E-state index contributed by atoms with van der Waals surface area (Å²) in [6.07, 6.45) is 5.16. The van der Waals surface area contributed by atoms with Gasteiger partial charge in [-0.15, -0.1) is 11.3 Å². The summed E-state index contributed by atoms with van der Waals surface area (Å²) in [7, 11) is 0. The van der Waals surface area contributed by atoms with Crippen molar-refractivity contribution in [1.29, 1.82) is 0 Å². The zero-order valence-electron chi connectivity index (χ0n) is 15.7. The van der Waals surface area contributed by atoms with Crippen LogP contribution in [-0.4, -0.2) is 71.0 Å². The lowest BCUT2D eigenvalue weighted by Gasteiger charge is -2.38. The molecule has 0 saturated carbocycles. The molecule has 2 saturated heterocycles. The van der Waals surface area contributed by atoms with E-state index >= 15 is 0 Å². The van der Waals surface area contributed by atoms with Gasteiger partial charge in [0.1, 0.15) is 0 Å². The van der Waals surface area contributed by atoms with Crippen molar-refractivity contribution in [2.75, 3.05) is 49.5 Å². The predicted molar refractivity (Wildman–Crippen MR) is 108 cm³/mol. The van der Waals surface area contributed by atoms with E-state index in [1.165, 1.54) is 11.3 Å². The molecule has 1 atom stereocenters. The van der Waals surface area contributed by atoms with Gasteiger partial charge >= 0.3 is 6.03 Å². The minimum absolute atomic E-state index is 0.119. The summed E-state index contributed by atoms with van der Waals surface area (Å²) in [5, 5.41) is 5.67. The Labute approximate surface area is 168 Å². The van der Waals surface area contributed by atoms with Crippen LogP contribution in [0.1, 0.15) is 12.8 Å². The van der Waals surface area contributed by atoms with Gasteiger partial charge in [0.25, 0.3) is 0 Å². The van der Waals surface area contributed by atoms with E-state index in [4.69, 9.17) is 0 Å². The maximum Gasteiger partial charge on any atom is 0.322 e. The van der Waals surface area contributed by atoms with Gasteiger partial charge in [-0.2, -0.15) is 0 Å². The van der Waals surface area contributed by atoms with Crippen LogP contribution >= 0.6 is 11.3 Å². The fourth-order valence-corrected chi connectivity index (χ4v) is 4.34. The van der Waals surface area contributed by atoms with Crippen LogP contribution in [0.5, 0.6) is 0 Å². The molecule has 2 aliphatic rings. The summed E-state index contributed by atoms with van der Waals surface area (Å²) in [6.45, 7) is 3.96. The van der Waals surface area contributed by atoms with Gasteiger partial charge in [0.05, 0.1) is 10.9 Å². The van der Waals surface area contributed by atoms with Gasteiger partial charge in [-0.05, 0) is 36.4 Å². The molecule has 4 heterocycles. The number of piperidine rings is 1. The zero-order valence-corrected chi connectivity index (χ0v) is 16.5. The van der Waals surface area contributed by atoms with Gasteiger partial charge in [0.15, 0.2) is 0 Å². The van der Waals surface area contributed by atoms with Crippen molar-refractivity contribution >= 4 is 34.2 Å². The average molecular weight is 401 g/mol. The fraction of sp³-hybridized carbons (Fsp3) is 0.474. The molecule has 28 heavy (non-hydrogen) atoms. The van der Waals surface area contributed by atoms with Crippen LogP contribution in [0, 0.1) is 5.92 Å². The highest BCUT2D eigenvalue weighted by Gasteiger charge is 2.33. The average Bonchev–Trinajstić information content (AvgIpc) is 3.27. The lowest BCUT2D eigenvalue weighted by molar-refractivity contribution is -0.137. The van der Waals surface area contributed by atoms with Crippen molar-refractivity contribution in [3.05, 3.63) is 36.0 Å². The molecular weight excluding hydrogens is 376 g/mol. The number of amides is 3. The van der Waals surface area contributed by atoms with Crippen LogP contribution in [-0.2, 0) is 4.79 Å². The third-order valence-corrected chi connectivity index (χ3v) is 6.02. The highest BCUT2D eigenvalue weighted by Crippen LogP contribution is 2.22. The number of aromatic nitrogens is 2. The van der Waals surface area contributed by atoms with Crippen molar-refractivity contribution in [3.8, 4) is 0 Å². The molecular formula is C19H24N6O2S. The molecule has 9 heteroatoms. The molecule has 3 amide bonds. The monoisotopic (exact) mass is 400 g/mol. The first-order valence-corrected chi connectivity index (χ1v) is 10.5. The Hall–Kier alpha value is -2.68. The normalized spacial score (nSPS) is 20.1. The van der Waals surface area contributed by atoms with Crippen LogP contribution in [0.25, 0.3) is 0 Å². The van der Waals surface area contributed by atoms with E-state index in [0.717, 1.165) is 30.9 Å². The van der Waals surface area contributed by atoms with E-state index in [1.807, 2.05) is 22.4 Å². The fourth-order valence-electron chi connectivity index (χ4n) is 3.74. The van der Waals surface area contributed by atoms with Gasteiger partial charge < -0.3 is 14.7 Å². The van der Waals surface area contributed by atoms with Crippen LogP contribution < -0.4 is 10.2 Å². The van der Waals surface area contributed by atoms with Crippen molar-refractivity contribution in [2.45, 2.75) is 12.8 Å². The topological polar surface area (TPSA) is 81.7 Å². The first kappa shape index (κ1) is 18.7. The molecule has 1 unspecified atom stereocenters. The molecule has 4 rings (SSSR count). The molecule has 2 aromatic heterocycles. The van der Waals surface area contributed by atoms with Gasteiger partial charge in [-0.3, -0.25) is 10.1 Å². The molecule has 1 N–H and O–H groups in total. The minimum Gasteiger partial charge on any atom is -0.339 e. The van der Waals surface area contributed by atoms with E-state index in [1.54, 1.807) is 23.4 Å². The molecule has 0 aromatic carbocycles. The van der Waals surface area contributed by atoms with Crippen LogP contribution in [0.15, 0.2) is 36.0 Å². The number of nitrogens with one attached hydrogen (secondary N) is 1. The largest absolute Gasteiger partial charge is 0.339 e. The number of carbonyl (C=O) groups excluding carboxylic acids is 2. The standard InChI is InChI=1S/C19H24N6O2S/c26-17(23-9-11-24(12-10-23)18-20-6-3-7-21-18)15-4-1-8-25(14-15)19(27)22-16-5-2-13-28-16/h2-3,5-7,13,15H,1,4,8-12,14H2,(H,22,27). The minimum atomic E-state index is -0.123. The first-order chi connectivity index (χ1) is 13.7. The quantitative estimate of drug-likeness (QED) is 0.854. The van der Waals surface area contributed by atoms with E-state index in [-0.39, 0.29) is 17.9 Å². The van der Waals surface area contributed by atoms with E-state index in [0.29, 0.717) is 32.1 Å².